The molecule has 1 amide bonds. The van der Waals surface area contributed by atoms with Crippen LogP contribution in [0.5, 0.6) is 0 Å². The third kappa shape index (κ3) is 2.84. The lowest BCUT2D eigenvalue weighted by Crippen LogP contribution is -2.52. The van der Waals surface area contributed by atoms with E-state index in [0.29, 0.717) is 12.1 Å². The molecule has 4 nitrogen and oxygen atoms in total. The van der Waals surface area contributed by atoms with Gasteiger partial charge < -0.3 is 9.64 Å². The Balaban J connectivity index is 1.80. The van der Waals surface area contributed by atoms with Crippen molar-refractivity contribution in [2.75, 3.05) is 7.11 Å². The van der Waals surface area contributed by atoms with Crippen LogP contribution >= 0.6 is 0 Å². The molecule has 1 heterocycles. The number of hydrogen-bond donors (Lipinski definition) is 0. The van der Waals surface area contributed by atoms with Gasteiger partial charge in [-0.3, -0.25) is 4.79 Å². The van der Waals surface area contributed by atoms with E-state index in [-0.39, 0.29) is 23.8 Å². The number of amides is 1. The Morgan fingerprint density at radius 2 is 1.74 bits per heavy atom. The van der Waals surface area contributed by atoms with Gasteiger partial charge in [-0.2, -0.15) is 0 Å². The van der Waals surface area contributed by atoms with Crippen LogP contribution in [0.25, 0.3) is 0 Å². The van der Waals surface area contributed by atoms with Gasteiger partial charge in [-0.25, -0.2) is 4.79 Å². The first-order valence-electron chi connectivity index (χ1n) is 7.64. The van der Waals surface area contributed by atoms with Gasteiger partial charge in [-0.15, -0.1) is 0 Å². The van der Waals surface area contributed by atoms with Crippen molar-refractivity contribution in [2.24, 2.45) is 5.92 Å². The smallest absolute Gasteiger partial charge is 0.337 e. The first-order valence-corrected chi connectivity index (χ1v) is 7.64. The van der Waals surface area contributed by atoms with Gasteiger partial charge in [-0.1, -0.05) is 49.4 Å². The number of esters is 1. The van der Waals surface area contributed by atoms with Gasteiger partial charge in [0.1, 0.15) is 0 Å². The monoisotopic (exact) mass is 309 g/mol. The summed E-state index contributed by atoms with van der Waals surface area (Å²) in [6.45, 7) is 2.55. The first-order chi connectivity index (χ1) is 11.1. The van der Waals surface area contributed by atoms with Crippen LogP contribution in [0, 0.1) is 5.92 Å². The van der Waals surface area contributed by atoms with Crippen LogP contribution in [0.4, 0.5) is 0 Å². The molecule has 1 aliphatic rings. The lowest BCUT2D eigenvalue weighted by Gasteiger charge is -2.46. The van der Waals surface area contributed by atoms with Crippen molar-refractivity contribution in [2.45, 2.75) is 19.5 Å². The maximum Gasteiger partial charge on any atom is 0.337 e. The fourth-order valence-electron chi connectivity index (χ4n) is 3.08. The Labute approximate surface area is 135 Å². The SMILES string of the molecule is COC(=O)c1ccc(C2C(C)C(=O)N2Cc2ccccc2)cc1. The summed E-state index contributed by atoms with van der Waals surface area (Å²) in [5, 5.41) is 0. The zero-order chi connectivity index (χ0) is 16.4. The molecule has 1 fully saturated rings. The molecule has 3 rings (SSSR count). The largest absolute Gasteiger partial charge is 0.465 e. The van der Waals surface area contributed by atoms with Crippen LogP contribution < -0.4 is 0 Å². The fraction of sp³-hybridized carbons (Fsp3) is 0.263. The quantitative estimate of drug-likeness (QED) is 0.643. The second-order valence-electron chi connectivity index (χ2n) is 5.80. The van der Waals surface area contributed by atoms with E-state index in [1.807, 2.05) is 54.3 Å². The highest BCUT2D eigenvalue weighted by atomic mass is 16.5. The predicted octanol–water partition coefficient (Wildman–Crippen LogP) is 3.19. The van der Waals surface area contributed by atoms with Gasteiger partial charge in [0.2, 0.25) is 5.91 Å². The lowest BCUT2D eigenvalue weighted by atomic mass is 9.83. The molecule has 0 radical (unpaired) electrons. The summed E-state index contributed by atoms with van der Waals surface area (Å²) in [5.41, 5.74) is 2.67. The Morgan fingerprint density at radius 1 is 1.09 bits per heavy atom. The van der Waals surface area contributed by atoms with E-state index in [1.165, 1.54) is 7.11 Å². The summed E-state index contributed by atoms with van der Waals surface area (Å²) >= 11 is 0. The molecule has 0 spiro atoms. The number of rotatable bonds is 4. The topological polar surface area (TPSA) is 46.6 Å². The maximum atomic E-state index is 12.2. The Bertz CT molecular complexity index is 709. The summed E-state index contributed by atoms with van der Waals surface area (Å²) in [5.74, 6) is -0.228. The number of carbonyl (C=O) groups is 2. The number of ether oxygens (including phenoxy) is 1. The number of nitrogens with zero attached hydrogens (tertiary/aromatic N) is 1. The van der Waals surface area contributed by atoms with E-state index in [9.17, 15) is 9.59 Å². The fourth-order valence-corrected chi connectivity index (χ4v) is 3.08. The number of hydrogen-bond acceptors (Lipinski definition) is 3. The highest BCUT2D eigenvalue weighted by Gasteiger charge is 2.44. The second-order valence-corrected chi connectivity index (χ2v) is 5.80. The zero-order valence-corrected chi connectivity index (χ0v) is 13.2. The lowest BCUT2D eigenvalue weighted by molar-refractivity contribution is -0.156. The first kappa shape index (κ1) is 15.3. The van der Waals surface area contributed by atoms with Crippen LogP contribution in [-0.2, 0) is 16.1 Å². The maximum absolute atomic E-state index is 12.2. The van der Waals surface area contributed by atoms with Gasteiger partial charge in [0.15, 0.2) is 0 Å². The molecule has 23 heavy (non-hydrogen) atoms. The second kappa shape index (κ2) is 6.24. The standard InChI is InChI=1S/C19H19NO3/c1-13-17(15-8-10-16(11-9-15)19(22)23-2)20(18(13)21)12-14-6-4-3-5-7-14/h3-11,13,17H,12H2,1-2H3. The molecule has 0 bridgehead atoms. The molecule has 0 N–H and O–H groups in total. The minimum atomic E-state index is -0.351. The Morgan fingerprint density at radius 3 is 2.35 bits per heavy atom. The normalized spacial score (nSPS) is 20.1. The average Bonchev–Trinajstić information content (AvgIpc) is 2.61. The summed E-state index contributed by atoms with van der Waals surface area (Å²) in [4.78, 5) is 25.6. The number of benzene rings is 2. The minimum absolute atomic E-state index is 0.0392. The molecule has 2 atom stereocenters. The highest BCUT2D eigenvalue weighted by molar-refractivity contribution is 5.89. The molecule has 118 valence electrons. The third-order valence-electron chi connectivity index (χ3n) is 4.35. The molecular weight excluding hydrogens is 290 g/mol. The van der Waals surface area contributed by atoms with E-state index in [2.05, 4.69) is 0 Å². The molecular formula is C19H19NO3. The number of carbonyl (C=O) groups excluding carboxylic acids is 2. The van der Waals surface area contributed by atoms with Crippen LogP contribution in [0.1, 0.15) is 34.5 Å². The van der Waals surface area contributed by atoms with Gasteiger partial charge in [0.25, 0.3) is 0 Å². The van der Waals surface area contributed by atoms with Gasteiger partial charge in [0.05, 0.1) is 24.6 Å². The summed E-state index contributed by atoms with van der Waals surface area (Å²) in [6, 6.07) is 17.3. The average molecular weight is 309 g/mol. The van der Waals surface area contributed by atoms with E-state index < -0.39 is 0 Å². The van der Waals surface area contributed by atoms with Crippen molar-refractivity contribution in [3.63, 3.8) is 0 Å². The number of methoxy groups -OCH3 is 1. The van der Waals surface area contributed by atoms with Crippen molar-refractivity contribution < 1.29 is 14.3 Å². The van der Waals surface area contributed by atoms with Crippen molar-refractivity contribution in [1.29, 1.82) is 0 Å². The van der Waals surface area contributed by atoms with Crippen molar-refractivity contribution in [1.82, 2.24) is 4.90 Å². The molecule has 0 saturated carbocycles. The molecule has 0 aliphatic carbocycles. The van der Waals surface area contributed by atoms with Crippen LogP contribution in [0.15, 0.2) is 54.6 Å². The summed E-state index contributed by atoms with van der Waals surface area (Å²) in [7, 11) is 1.37. The molecule has 1 saturated heterocycles. The van der Waals surface area contributed by atoms with Gasteiger partial charge in [-0.05, 0) is 23.3 Å². The van der Waals surface area contributed by atoms with Crippen LogP contribution in [0.3, 0.4) is 0 Å². The van der Waals surface area contributed by atoms with Crippen LogP contribution in [0.2, 0.25) is 0 Å². The predicted molar refractivity (Wildman–Crippen MR) is 86.7 cm³/mol. The summed E-state index contributed by atoms with van der Waals surface area (Å²) in [6.07, 6.45) is 0. The van der Waals surface area contributed by atoms with Crippen molar-refractivity contribution >= 4 is 11.9 Å². The molecule has 1 aliphatic heterocycles. The van der Waals surface area contributed by atoms with E-state index in [0.717, 1.165) is 11.1 Å². The Kier molecular flexibility index (Phi) is 4.15. The van der Waals surface area contributed by atoms with Crippen molar-refractivity contribution in [3.8, 4) is 0 Å². The van der Waals surface area contributed by atoms with Gasteiger partial charge >= 0.3 is 5.97 Å². The highest BCUT2D eigenvalue weighted by Crippen LogP contribution is 2.40. The summed E-state index contributed by atoms with van der Waals surface area (Å²) < 4.78 is 4.71. The molecule has 2 aromatic rings. The number of likely N-dealkylation sites (tertiary alicyclic amines) is 1. The molecule has 0 aromatic heterocycles. The third-order valence-corrected chi connectivity index (χ3v) is 4.35. The zero-order valence-electron chi connectivity index (χ0n) is 13.2. The number of β-lactam (4-membered cyclic amide) rings is 1. The molecule has 2 aromatic carbocycles. The van der Waals surface area contributed by atoms with Crippen LogP contribution in [-0.4, -0.2) is 23.9 Å². The Hall–Kier alpha value is -2.62. The van der Waals surface area contributed by atoms with E-state index >= 15 is 0 Å². The molecule has 2 unspecified atom stereocenters. The van der Waals surface area contributed by atoms with Crippen molar-refractivity contribution in [3.05, 3.63) is 71.3 Å². The van der Waals surface area contributed by atoms with Gasteiger partial charge in [0, 0.05) is 6.54 Å². The molecule has 4 heteroatoms. The van der Waals surface area contributed by atoms with E-state index in [1.54, 1.807) is 12.1 Å². The van der Waals surface area contributed by atoms with E-state index in [4.69, 9.17) is 4.74 Å². The minimum Gasteiger partial charge on any atom is -0.465 e.